The van der Waals surface area contributed by atoms with Crippen LogP contribution in [0.3, 0.4) is 0 Å². The molecule has 0 radical (unpaired) electrons. The Morgan fingerprint density at radius 3 is 2.41 bits per heavy atom. The normalized spacial score (nSPS) is 14.5. The number of pyridine rings is 1. The Morgan fingerprint density at radius 2 is 1.73 bits per heavy atom. The van der Waals surface area contributed by atoms with Crippen LogP contribution < -0.4 is 5.56 Å². The average Bonchev–Trinajstić information content (AvgIpc) is 3.36. The molecule has 1 fully saturated rings. The van der Waals surface area contributed by atoms with Gasteiger partial charge in [0.1, 0.15) is 0 Å². The minimum atomic E-state index is 0.125. The van der Waals surface area contributed by atoms with Crippen LogP contribution in [0.4, 0.5) is 0 Å². The minimum Gasteiger partial charge on any atom is -0.314 e. The standard InChI is InChI=1S/C20H19NO/c1-13-8-11-16-17(12-13)20(22)21(2)19(15-9-10-15)18(16)14-6-4-3-5-7-14/h3-8,11-12,15H,9-10H2,1-2H3. The van der Waals surface area contributed by atoms with Gasteiger partial charge in [-0.25, -0.2) is 0 Å². The van der Waals surface area contributed by atoms with Gasteiger partial charge in [-0.05, 0) is 42.7 Å². The van der Waals surface area contributed by atoms with Crippen LogP contribution in [-0.2, 0) is 7.05 Å². The minimum absolute atomic E-state index is 0.125. The molecule has 1 aliphatic rings. The lowest BCUT2D eigenvalue weighted by Crippen LogP contribution is -2.21. The number of aromatic nitrogens is 1. The molecule has 110 valence electrons. The van der Waals surface area contributed by atoms with Crippen LogP contribution in [0.25, 0.3) is 21.9 Å². The van der Waals surface area contributed by atoms with Gasteiger partial charge in [-0.3, -0.25) is 4.79 Å². The molecule has 22 heavy (non-hydrogen) atoms. The molecule has 2 nitrogen and oxygen atoms in total. The summed E-state index contributed by atoms with van der Waals surface area (Å²) in [6.07, 6.45) is 2.37. The molecule has 0 saturated heterocycles. The van der Waals surface area contributed by atoms with Crippen LogP contribution in [-0.4, -0.2) is 4.57 Å². The molecule has 0 aliphatic heterocycles. The summed E-state index contributed by atoms with van der Waals surface area (Å²) >= 11 is 0. The Kier molecular flexibility index (Phi) is 2.93. The van der Waals surface area contributed by atoms with Crippen molar-refractivity contribution in [3.63, 3.8) is 0 Å². The molecule has 2 aromatic carbocycles. The van der Waals surface area contributed by atoms with Crippen molar-refractivity contribution in [2.45, 2.75) is 25.7 Å². The molecule has 0 spiro atoms. The third-order valence-corrected chi connectivity index (χ3v) is 4.62. The van der Waals surface area contributed by atoms with Crippen molar-refractivity contribution in [3.05, 3.63) is 70.1 Å². The Balaban J connectivity index is 2.18. The van der Waals surface area contributed by atoms with Gasteiger partial charge >= 0.3 is 0 Å². The van der Waals surface area contributed by atoms with E-state index < -0.39 is 0 Å². The van der Waals surface area contributed by atoms with E-state index in [4.69, 9.17) is 0 Å². The summed E-state index contributed by atoms with van der Waals surface area (Å²) in [6.45, 7) is 2.04. The largest absolute Gasteiger partial charge is 0.314 e. The molecule has 1 heterocycles. The van der Waals surface area contributed by atoms with Crippen molar-refractivity contribution >= 4 is 10.8 Å². The molecule has 4 rings (SSSR count). The van der Waals surface area contributed by atoms with E-state index in [2.05, 4.69) is 36.4 Å². The van der Waals surface area contributed by atoms with Crippen molar-refractivity contribution in [1.82, 2.24) is 4.57 Å². The maximum atomic E-state index is 12.8. The zero-order valence-electron chi connectivity index (χ0n) is 13.0. The fourth-order valence-electron chi connectivity index (χ4n) is 3.39. The van der Waals surface area contributed by atoms with Gasteiger partial charge in [-0.1, -0.05) is 48.0 Å². The van der Waals surface area contributed by atoms with E-state index in [1.54, 1.807) is 0 Å². The number of fused-ring (bicyclic) bond motifs is 1. The maximum Gasteiger partial charge on any atom is 0.258 e. The molecule has 1 aromatic heterocycles. The van der Waals surface area contributed by atoms with Crippen molar-refractivity contribution in [2.24, 2.45) is 7.05 Å². The summed E-state index contributed by atoms with van der Waals surface area (Å²) < 4.78 is 1.88. The Labute approximate surface area is 130 Å². The van der Waals surface area contributed by atoms with E-state index in [1.807, 2.05) is 30.7 Å². The number of hydrogen-bond donors (Lipinski definition) is 0. The van der Waals surface area contributed by atoms with Gasteiger partial charge in [0.15, 0.2) is 0 Å². The van der Waals surface area contributed by atoms with E-state index in [9.17, 15) is 4.79 Å². The molecule has 2 heteroatoms. The van der Waals surface area contributed by atoms with Crippen LogP contribution in [0.2, 0.25) is 0 Å². The number of hydrogen-bond acceptors (Lipinski definition) is 1. The third-order valence-electron chi connectivity index (χ3n) is 4.62. The molecule has 1 aliphatic carbocycles. The Hall–Kier alpha value is -2.35. The highest BCUT2D eigenvalue weighted by molar-refractivity contribution is 5.98. The summed E-state index contributed by atoms with van der Waals surface area (Å²) in [5.41, 5.74) is 4.89. The van der Waals surface area contributed by atoms with Crippen LogP contribution in [0.15, 0.2) is 53.3 Å². The molecule has 0 unspecified atom stereocenters. The van der Waals surface area contributed by atoms with Crippen molar-refractivity contribution in [1.29, 1.82) is 0 Å². The zero-order valence-corrected chi connectivity index (χ0v) is 13.0. The summed E-state index contributed by atoms with van der Waals surface area (Å²) in [6, 6.07) is 16.7. The second kappa shape index (κ2) is 4.84. The maximum absolute atomic E-state index is 12.8. The highest BCUT2D eigenvalue weighted by atomic mass is 16.1. The molecule has 3 aromatic rings. The Bertz CT molecular complexity index is 918. The van der Waals surface area contributed by atoms with Gasteiger partial charge in [0.2, 0.25) is 0 Å². The molecule has 0 atom stereocenters. The average molecular weight is 289 g/mol. The predicted octanol–water partition coefficient (Wildman–Crippen LogP) is 4.39. The van der Waals surface area contributed by atoms with E-state index in [-0.39, 0.29) is 5.56 Å². The predicted molar refractivity (Wildman–Crippen MR) is 91.3 cm³/mol. The van der Waals surface area contributed by atoms with Gasteiger partial charge < -0.3 is 4.57 Å². The van der Waals surface area contributed by atoms with Gasteiger partial charge in [0.05, 0.1) is 0 Å². The van der Waals surface area contributed by atoms with Crippen molar-refractivity contribution in [3.8, 4) is 11.1 Å². The highest BCUT2D eigenvalue weighted by Crippen LogP contribution is 2.45. The third kappa shape index (κ3) is 1.98. The molecule has 0 bridgehead atoms. The smallest absolute Gasteiger partial charge is 0.258 e. The second-order valence-corrected chi connectivity index (χ2v) is 6.31. The number of benzene rings is 2. The first-order chi connectivity index (χ1) is 10.7. The molecule has 0 N–H and O–H groups in total. The number of nitrogens with zero attached hydrogens (tertiary/aromatic N) is 1. The first-order valence-corrected chi connectivity index (χ1v) is 7.85. The lowest BCUT2D eigenvalue weighted by atomic mass is 9.94. The van der Waals surface area contributed by atoms with E-state index in [0.717, 1.165) is 16.3 Å². The first kappa shape index (κ1) is 13.3. The highest BCUT2D eigenvalue weighted by Gasteiger charge is 2.30. The Morgan fingerprint density at radius 1 is 1.00 bits per heavy atom. The molecule has 0 amide bonds. The van der Waals surface area contributed by atoms with Crippen LogP contribution in [0, 0.1) is 6.92 Å². The zero-order chi connectivity index (χ0) is 15.3. The van der Waals surface area contributed by atoms with Gasteiger partial charge in [-0.2, -0.15) is 0 Å². The van der Waals surface area contributed by atoms with Gasteiger partial charge in [0.25, 0.3) is 5.56 Å². The fourth-order valence-corrected chi connectivity index (χ4v) is 3.39. The number of aryl methyl sites for hydroxylation is 1. The molecular formula is C20H19NO. The topological polar surface area (TPSA) is 22.0 Å². The van der Waals surface area contributed by atoms with E-state index in [1.165, 1.54) is 29.7 Å². The summed E-state index contributed by atoms with van der Waals surface area (Å²) in [5, 5.41) is 1.91. The lowest BCUT2D eigenvalue weighted by Gasteiger charge is -2.17. The lowest BCUT2D eigenvalue weighted by molar-refractivity contribution is 0.789. The van der Waals surface area contributed by atoms with E-state index in [0.29, 0.717) is 5.92 Å². The quantitative estimate of drug-likeness (QED) is 0.685. The van der Waals surface area contributed by atoms with Crippen LogP contribution >= 0.6 is 0 Å². The SMILES string of the molecule is Cc1ccc2c(-c3ccccc3)c(C3CC3)n(C)c(=O)c2c1. The van der Waals surface area contributed by atoms with Gasteiger partial charge in [0, 0.05) is 23.7 Å². The molecular weight excluding hydrogens is 270 g/mol. The van der Waals surface area contributed by atoms with Gasteiger partial charge in [-0.15, -0.1) is 0 Å². The summed E-state index contributed by atoms with van der Waals surface area (Å²) in [5.74, 6) is 0.526. The molecule has 1 saturated carbocycles. The fraction of sp³-hybridized carbons (Fsp3) is 0.250. The second-order valence-electron chi connectivity index (χ2n) is 6.31. The first-order valence-electron chi connectivity index (χ1n) is 7.85. The summed E-state index contributed by atoms with van der Waals surface area (Å²) in [4.78, 5) is 12.8. The van der Waals surface area contributed by atoms with Crippen molar-refractivity contribution in [2.75, 3.05) is 0 Å². The van der Waals surface area contributed by atoms with Crippen LogP contribution in [0.1, 0.15) is 30.0 Å². The summed E-state index contributed by atoms with van der Waals surface area (Å²) in [7, 11) is 1.92. The van der Waals surface area contributed by atoms with Crippen molar-refractivity contribution < 1.29 is 0 Å². The van der Waals surface area contributed by atoms with Crippen LogP contribution in [0.5, 0.6) is 0 Å². The monoisotopic (exact) mass is 289 g/mol. The number of rotatable bonds is 2. The van der Waals surface area contributed by atoms with E-state index >= 15 is 0 Å².